The zero-order valence-corrected chi connectivity index (χ0v) is 21.6. The van der Waals surface area contributed by atoms with E-state index in [2.05, 4.69) is 5.32 Å². The monoisotopic (exact) mass is 523 g/mol. The number of hydrogen-bond donors (Lipinski definition) is 1. The number of hydrogen-bond acceptors (Lipinski definition) is 6. The van der Waals surface area contributed by atoms with E-state index < -0.39 is 16.1 Å². The summed E-state index contributed by atoms with van der Waals surface area (Å²) in [4.78, 5) is 27.3. The van der Waals surface area contributed by atoms with E-state index in [0.717, 1.165) is 11.8 Å². The van der Waals surface area contributed by atoms with Crippen LogP contribution in [0.3, 0.4) is 0 Å². The van der Waals surface area contributed by atoms with E-state index in [0.29, 0.717) is 28.6 Å². The van der Waals surface area contributed by atoms with Gasteiger partial charge in [-0.2, -0.15) is 0 Å². The maximum atomic E-state index is 13.3. The third-order valence-corrected chi connectivity index (χ3v) is 7.14. The molecule has 11 heteroatoms. The van der Waals surface area contributed by atoms with Gasteiger partial charge < -0.3 is 19.7 Å². The maximum Gasteiger partial charge on any atom is 0.242 e. The summed E-state index contributed by atoms with van der Waals surface area (Å²) in [5.41, 5.74) is 1.27. The van der Waals surface area contributed by atoms with Crippen LogP contribution in [0.1, 0.15) is 31.7 Å². The van der Waals surface area contributed by atoms with Crippen LogP contribution >= 0.6 is 11.6 Å². The molecule has 1 N–H and O–H groups in total. The Labute approximate surface area is 211 Å². The molecule has 0 saturated heterocycles. The Kier molecular flexibility index (Phi) is 8.85. The van der Waals surface area contributed by atoms with Crippen LogP contribution < -0.4 is 19.1 Å². The number of fused-ring (bicyclic) bond motifs is 1. The molecule has 0 bridgehead atoms. The van der Waals surface area contributed by atoms with Crippen molar-refractivity contribution in [3.8, 4) is 11.5 Å². The molecule has 0 unspecified atom stereocenters. The summed E-state index contributed by atoms with van der Waals surface area (Å²) in [7, 11) is -2.08. The van der Waals surface area contributed by atoms with Gasteiger partial charge in [-0.25, -0.2) is 8.42 Å². The van der Waals surface area contributed by atoms with E-state index in [1.165, 1.54) is 16.3 Å². The first-order valence-electron chi connectivity index (χ1n) is 11.3. The highest BCUT2D eigenvalue weighted by molar-refractivity contribution is 7.92. The number of carbonyl (C=O) groups is 2. The molecular weight excluding hydrogens is 494 g/mol. The molecule has 190 valence electrons. The van der Waals surface area contributed by atoms with Gasteiger partial charge in [0.1, 0.15) is 6.04 Å². The molecule has 1 aliphatic heterocycles. The van der Waals surface area contributed by atoms with Crippen molar-refractivity contribution in [2.24, 2.45) is 0 Å². The van der Waals surface area contributed by atoms with E-state index in [1.54, 1.807) is 30.3 Å². The molecule has 3 rings (SSSR count). The van der Waals surface area contributed by atoms with Gasteiger partial charge in [0, 0.05) is 37.6 Å². The first-order valence-corrected chi connectivity index (χ1v) is 13.5. The summed E-state index contributed by atoms with van der Waals surface area (Å²) in [6.45, 7) is 2.25. The highest BCUT2D eigenvalue weighted by Gasteiger charge is 2.28. The van der Waals surface area contributed by atoms with Crippen molar-refractivity contribution >= 4 is 39.1 Å². The van der Waals surface area contributed by atoms with Crippen LogP contribution in [-0.2, 0) is 26.2 Å². The SMILES string of the molecule is CC[C@H](C(=O)NC)N(Cc1ccc(Cl)cc1)C(=O)CCCN(c1ccc2c(c1)OCO2)S(C)(=O)=O. The van der Waals surface area contributed by atoms with Crippen LogP contribution in [0.4, 0.5) is 5.69 Å². The molecule has 0 spiro atoms. The second kappa shape index (κ2) is 11.6. The predicted molar refractivity (Wildman–Crippen MR) is 134 cm³/mol. The molecule has 0 radical (unpaired) electrons. The predicted octanol–water partition coefficient (Wildman–Crippen LogP) is 3.17. The van der Waals surface area contributed by atoms with E-state index in [4.69, 9.17) is 21.1 Å². The van der Waals surface area contributed by atoms with E-state index in [-0.39, 0.29) is 44.5 Å². The average Bonchev–Trinajstić information content (AvgIpc) is 3.29. The highest BCUT2D eigenvalue weighted by atomic mass is 35.5. The number of rotatable bonds is 11. The van der Waals surface area contributed by atoms with Gasteiger partial charge in [-0.3, -0.25) is 13.9 Å². The minimum Gasteiger partial charge on any atom is -0.454 e. The number of halogens is 1. The summed E-state index contributed by atoms with van der Waals surface area (Å²) in [5, 5.41) is 3.20. The fourth-order valence-corrected chi connectivity index (χ4v) is 5.00. The van der Waals surface area contributed by atoms with Crippen molar-refractivity contribution in [2.45, 2.75) is 38.8 Å². The standard InChI is InChI=1S/C24H30ClN3O6S/c1-4-20(24(30)26-2)27(15-17-7-9-18(25)10-8-17)23(29)6-5-13-28(35(3,31)32)19-11-12-21-22(14-19)34-16-33-21/h7-12,14,20H,4-6,13,15-16H2,1-3H3,(H,26,30)/t20-/m1/s1. The first kappa shape index (κ1) is 26.6. The van der Waals surface area contributed by atoms with Crippen LogP contribution in [0.25, 0.3) is 0 Å². The van der Waals surface area contributed by atoms with Crippen LogP contribution in [0.15, 0.2) is 42.5 Å². The first-order chi connectivity index (χ1) is 16.6. The molecule has 35 heavy (non-hydrogen) atoms. The largest absolute Gasteiger partial charge is 0.454 e. The molecule has 0 fully saturated rings. The molecule has 0 aliphatic carbocycles. The fourth-order valence-electron chi connectivity index (χ4n) is 3.92. The lowest BCUT2D eigenvalue weighted by molar-refractivity contribution is -0.141. The maximum absolute atomic E-state index is 13.3. The summed E-state index contributed by atoms with van der Waals surface area (Å²) in [6, 6.07) is 11.3. The Balaban J connectivity index is 1.74. The number of anilines is 1. The number of amides is 2. The molecule has 1 atom stereocenters. The second-order valence-corrected chi connectivity index (χ2v) is 10.5. The molecule has 2 aromatic rings. The summed E-state index contributed by atoms with van der Waals surface area (Å²) < 4.78 is 36.9. The lowest BCUT2D eigenvalue weighted by Gasteiger charge is -2.30. The van der Waals surface area contributed by atoms with Gasteiger partial charge in [0.15, 0.2) is 11.5 Å². The van der Waals surface area contributed by atoms with Crippen LogP contribution in [0, 0.1) is 0 Å². The van der Waals surface area contributed by atoms with Crippen molar-refractivity contribution in [1.29, 1.82) is 0 Å². The van der Waals surface area contributed by atoms with Crippen molar-refractivity contribution < 1.29 is 27.5 Å². The number of nitrogens with zero attached hydrogens (tertiary/aromatic N) is 2. The van der Waals surface area contributed by atoms with Gasteiger partial charge in [-0.05, 0) is 42.7 Å². The third kappa shape index (κ3) is 6.79. The van der Waals surface area contributed by atoms with Crippen molar-refractivity contribution in [3.63, 3.8) is 0 Å². The molecular formula is C24H30ClN3O6S. The molecule has 1 aliphatic rings. The normalized spacial score (nSPS) is 13.3. The van der Waals surface area contributed by atoms with Crippen molar-refractivity contribution in [2.75, 3.05) is 30.9 Å². The highest BCUT2D eigenvalue weighted by Crippen LogP contribution is 2.36. The zero-order valence-electron chi connectivity index (χ0n) is 20.0. The Morgan fingerprint density at radius 2 is 1.80 bits per heavy atom. The van der Waals surface area contributed by atoms with Gasteiger partial charge in [-0.1, -0.05) is 30.7 Å². The summed E-state index contributed by atoms with van der Waals surface area (Å²) in [5.74, 6) is 0.523. The Bertz CT molecular complexity index is 1160. The van der Waals surface area contributed by atoms with E-state index in [9.17, 15) is 18.0 Å². The number of carbonyl (C=O) groups excluding carboxylic acids is 2. The lowest BCUT2D eigenvalue weighted by atomic mass is 10.1. The topological polar surface area (TPSA) is 105 Å². The Morgan fingerprint density at radius 3 is 2.43 bits per heavy atom. The Morgan fingerprint density at radius 1 is 1.11 bits per heavy atom. The smallest absolute Gasteiger partial charge is 0.242 e. The molecule has 0 aromatic heterocycles. The fraction of sp³-hybridized carbons (Fsp3) is 0.417. The minimum atomic E-state index is -3.61. The van der Waals surface area contributed by atoms with Crippen molar-refractivity contribution in [1.82, 2.24) is 10.2 Å². The van der Waals surface area contributed by atoms with Gasteiger partial charge in [0.2, 0.25) is 28.6 Å². The van der Waals surface area contributed by atoms with Crippen LogP contribution in [0.2, 0.25) is 5.02 Å². The van der Waals surface area contributed by atoms with Gasteiger partial charge in [0.25, 0.3) is 0 Å². The Hall–Kier alpha value is -2.98. The zero-order chi connectivity index (χ0) is 25.6. The number of ether oxygens (including phenoxy) is 2. The summed E-state index contributed by atoms with van der Waals surface area (Å²) in [6.07, 6.45) is 1.88. The summed E-state index contributed by atoms with van der Waals surface area (Å²) >= 11 is 5.98. The number of nitrogens with one attached hydrogen (secondary N) is 1. The molecule has 0 saturated carbocycles. The van der Waals surface area contributed by atoms with Gasteiger partial charge >= 0.3 is 0 Å². The van der Waals surface area contributed by atoms with Gasteiger partial charge in [0.05, 0.1) is 11.9 Å². The molecule has 9 nitrogen and oxygen atoms in total. The minimum absolute atomic E-state index is 0.0671. The van der Waals surface area contributed by atoms with Crippen LogP contribution in [0.5, 0.6) is 11.5 Å². The number of benzene rings is 2. The quantitative estimate of drug-likeness (QED) is 0.485. The number of sulfonamides is 1. The molecule has 1 heterocycles. The lowest BCUT2D eigenvalue weighted by Crippen LogP contribution is -2.48. The average molecular weight is 524 g/mol. The third-order valence-electron chi connectivity index (χ3n) is 5.69. The van der Waals surface area contributed by atoms with E-state index in [1.807, 2.05) is 19.1 Å². The van der Waals surface area contributed by atoms with Crippen LogP contribution in [-0.4, -0.2) is 57.8 Å². The second-order valence-electron chi connectivity index (χ2n) is 8.16. The van der Waals surface area contributed by atoms with E-state index >= 15 is 0 Å². The molecule has 2 amide bonds. The molecule has 2 aromatic carbocycles. The van der Waals surface area contributed by atoms with Crippen molar-refractivity contribution in [3.05, 3.63) is 53.1 Å². The number of likely N-dealkylation sites (N-methyl/N-ethyl adjacent to an activating group) is 1. The van der Waals surface area contributed by atoms with Gasteiger partial charge in [-0.15, -0.1) is 0 Å².